The van der Waals surface area contributed by atoms with E-state index >= 15 is 0 Å². The number of carbonyl (C=O) groups excluding carboxylic acids is 2. The normalized spacial score (nSPS) is 14.1. The molecule has 0 unspecified atom stereocenters. The maximum Gasteiger partial charge on any atom is 0.330 e. The van der Waals surface area contributed by atoms with Crippen molar-refractivity contribution < 1.29 is 14.3 Å². The maximum absolute atomic E-state index is 12.5. The molecule has 3 aromatic rings. The van der Waals surface area contributed by atoms with Crippen LogP contribution in [0.2, 0.25) is 0 Å². The molecular weight excluding hydrogens is 412 g/mol. The third-order valence-electron chi connectivity index (χ3n) is 5.24. The summed E-state index contributed by atoms with van der Waals surface area (Å²) < 4.78 is 4.84. The molecule has 1 atom stereocenters. The number of hydrogen-bond acceptors (Lipinski definition) is 7. The zero-order valence-electron chi connectivity index (χ0n) is 17.5. The smallest absolute Gasteiger partial charge is 0.330 e. The Morgan fingerprint density at radius 3 is 2.74 bits per heavy atom. The lowest BCUT2D eigenvalue weighted by atomic mass is 10.0. The number of carbonyl (C=O) groups is 2. The number of fused-ring (bicyclic) bond motifs is 3. The molecule has 0 spiro atoms. The van der Waals surface area contributed by atoms with Gasteiger partial charge in [-0.1, -0.05) is 37.3 Å². The van der Waals surface area contributed by atoms with Crippen LogP contribution in [0.25, 0.3) is 10.2 Å². The number of benzene rings is 1. The zero-order valence-corrected chi connectivity index (χ0v) is 18.3. The van der Waals surface area contributed by atoms with E-state index in [0.717, 1.165) is 32.9 Å². The molecule has 0 saturated heterocycles. The summed E-state index contributed by atoms with van der Waals surface area (Å²) in [6.45, 7) is 5.11. The van der Waals surface area contributed by atoms with E-state index in [1.165, 1.54) is 17.7 Å². The lowest BCUT2D eigenvalue weighted by Gasteiger charge is -2.19. The average molecular weight is 437 g/mol. The third-order valence-corrected chi connectivity index (χ3v) is 6.36. The first-order valence-corrected chi connectivity index (χ1v) is 11.1. The summed E-state index contributed by atoms with van der Waals surface area (Å²) in [5.41, 5.74) is 2.27. The summed E-state index contributed by atoms with van der Waals surface area (Å²) in [6.07, 6.45) is 4.94. The number of esters is 1. The lowest BCUT2D eigenvalue weighted by Crippen LogP contribution is -2.23. The van der Waals surface area contributed by atoms with Gasteiger partial charge in [0, 0.05) is 29.1 Å². The standard InChI is InChI=1S/C23H24N4O3S/c1-3-17(15-8-6-5-7-9-15)26-22-21-16-12-27(19(28)10-11-20(29)30-4-2)13-18(16)31-23(21)25-14-24-22/h5-11,14,17H,3-4,12-13H2,1-2H3,(H,24,25,26)/b11-10+/t17-/m1/s1. The van der Waals surface area contributed by atoms with E-state index in [4.69, 9.17) is 4.74 Å². The van der Waals surface area contributed by atoms with E-state index in [9.17, 15) is 9.59 Å². The van der Waals surface area contributed by atoms with Gasteiger partial charge in [0.2, 0.25) is 5.91 Å². The van der Waals surface area contributed by atoms with Crippen molar-refractivity contribution in [1.29, 1.82) is 0 Å². The van der Waals surface area contributed by atoms with Crippen molar-refractivity contribution in [3.8, 4) is 0 Å². The summed E-state index contributed by atoms with van der Waals surface area (Å²) in [5.74, 6) is 0.0583. The van der Waals surface area contributed by atoms with Crippen molar-refractivity contribution in [2.24, 2.45) is 0 Å². The molecule has 0 aliphatic carbocycles. The van der Waals surface area contributed by atoms with E-state index in [1.807, 2.05) is 18.2 Å². The highest BCUT2D eigenvalue weighted by Crippen LogP contribution is 2.40. The number of amides is 1. The van der Waals surface area contributed by atoms with E-state index in [0.29, 0.717) is 13.1 Å². The van der Waals surface area contributed by atoms with Crippen molar-refractivity contribution in [2.45, 2.75) is 39.4 Å². The van der Waals surface area contributed by atoms with E-state index in [1.54, 1.807) is 29.5 Å². The largest absolute Gasteiger partial charge is 0.463 e. The monoisotopic (exact) mass is 436 g/mol. The van der Waals surface area contributed by atoms with Gasteiger partial charge in [0.15, 0.2) is 0 Å². The number of nitrogens with one attached hydrogen (secondary N) is 1. The minimum Gasteiger partial charge on any atom is -0.463 e. The fourth-order valence-corrected chi connectivity index (χ4v) is 4.89. The Morgan fingerprint density at radius 2 is 2.00 bits per heavy atom. The average Bonchev–Trinajstić information content (AvgIpc) is 3.35. The Morgan fingerprint density at radius 1 is 1.19 bits per heavy atom. The summed E-state index contributed by atoms with van der Waals surface area (Å²) in [7, 11) is 0. The second kappa shape index (κ2) is 9.26. The minimum absolute atomic E-state index is 0.126. The Bertz CT molecular complexity index is 1130. The van der Waals surface area contributed by atoms with Crippen LogP contribution in [0.4, 0.5) is 5.82 Å². The molecule has 1 aliphatic heterocycles. The quantitative estimate of drug-likeness (QED) is 0.441. The van der Waals surface area contributed by atoms with Gasteiger partial charge in [-0.3, -0.25) is 4.79 Å². The van der Waals surface area contributed by atoms with Gasteiger partial charge in [-0.05, 0) is 18.9 Å². The molecule has 8 heteroatoms. The Kier molecular flexibility index (Phi) is 6.27. The van der Waals surface area contributed by atoms with E-state index < -0.39 is 5.97 Å². The number of aromatic nitrogens is 2. The lowest BCUT2D eigenvalue weighted by molar-refractivity contribution is -0.137. The van der Waals surface area contributed by atoms with Gasteiger partial charge < -0.3 is 15.0 Å². The number of rotatable bonds is 7. The topological polar surface area (TPSA) is 84.4 Å². The fraction of sp³-hybridized carbons (Fsp3) is 0.304. The first-order valence-electron chi connectivity index (χ1n) is 10.3. The highest BCUT2D eigenvalue weighted by atomic mass is 32.1. The molecule has 3 heterocycles. The molecule has 7 nitrogen and oxygen atoms in total. The Labute approximate surface area is 184 Å². The molecular formula is C23H24N4O3S. The molecule has 0 saturated carbocycles. The second-order valence-corrected chi connectivity index (χ2v) is 8.29. The van der Waals surface area contributed by atoms with Crippen molar-refractivity contribution in [3.05, 3.63) is 64.8 Å². The predicted molar refractivity (Wildman–Crippen MR) is 121 cm³/mol. The molecule has 1 N–H and O–H groups in total. The molecule has 4 rings (SSSR count). The SMILES string of the molecule is CCOC(=O)/C=C/C(=O)N1Cc2sc3ncnc(N[C@H](CC)c4ccccc4)c3c2C1. The molecule has 1 amide bonds. The highest BCUT2D eigenvalue weighted by Gasteiger charge is 2.29. The third kappa shape index (κ3) is 4.44. The van der Waals surface area contributed by atoms with Crippen molar-refractivity contribution >= 4 is 39.2 Å². The molecule has 0 bridgehead atoms. The highest BCUT2D eigenvalue weighted by molar-refractivity contribution is 7.19. The van der Waals surface area contributed by atoms with Crippen LogP contribution >= 0.6 is 11.3 Å². The van der Waals surface area contributed by atoms with Crippen LogP contribution in [-0.2, 0) is 27.4 Å². The molecule has 160 valence electrons. The van der Waals surface area contributed by atoms with Crippen molar-refractivity contribution in [1.82, 2.24) is 14.9 Å². The van der Waals surface area contributed by atoms with Crippen LogP contribution in [0, 0.1) is 0 Å². The van der Waals surface area contributed by atoms with Crippen LogP contribution < -0.4 is 5.32 Å². The summed E-state index contributed by atoms with van der Waals surface area (Å²) in [6, 6.07) is 10.4. The van der Waals surface area contributed by atoms with E-state index in [-0.39, 0.29) is 18.6 Å². The van der Waals surface area contributed by atoms with Crippen molar-refractivity contribution in [2.75, 3.05) is 11.9 Å². The number of ether oxygens (including phenoxy) is 1. The molecule has 2 aromatic heterocycles. The van der Waals surface area contributed by atoms with Gasteiger partial charge >= 0.3 is 5.97 Å². The zero-order chi connectivity index (χ0) is 21.8. The van der Waals surface area contributed by atoms with E-state index in [2.05, 4.69) is 34.3 Å². The Hall–Kier alpha value is -3.26. The number of nitrogens with zero attached hydrogens (tertiary/aromatic N) is 3. The van der Waals surface area contributed by atoms with Gasteiger partial charge in [0.05, 0.1) is 24.6 Å². The van der Waals surface area contributed by atoms with Crippen LogP contribution in [-0.4, -0.2) is 33.4 Å². The predicted octanol–water partition coefficient (Wildman–Crippen LogP) is 4.22. The van der Waals surface area contributed by atoms with Crippen LogP contribution in [0.15, 0.2) is 48.8 Å². The number of hydrogen-bond donors (Lipinski definition) is 1. The summed E-state index contributed by atoms with van der Waals surface area (Å²) in [5, 5.41) is 4.55. The van der Waals surface area contributed by atoms with Crippen LogP contribution in [0.5, 0.6) is 0 Å². The van der Waals surface area contributed by atoms with Crippen LogP contribution in [0.1, 0.15) is 42.3 Å². The number of thiophene rings is 1. The molecule has 31 heavy (non-hydrogen) atoms. The summed E-state index contributed by atoms with van der Waals surface area (Å²) >= 11 is 1.58. The molecule has 1 aliphatic rings. The molecule has 0 radical (unpaired) electrons. The van der Waals surface area contributed by atoms with Crippen molar-refractivity contribution in [3.63, 3.8) is 0 Å². The second-order valence-electron chi connectivity index (χ2n) is 7.20. The minimum atomic E-state index is -0.512. The van der Waals surface area contributed by atoms with Gasteiger partial charge in [-0.2, -0.15) is 0 Å². The molecule has 1 aromatic carbocycles. The number of anilines is 1. The Balaban J connectivity index is 1.57. The maximum atomic E-state index is 12.5. The first-order chi connectivity index (χ1) is 15.1. The van der Waals surface area contributed by atoms with Gasteiger partial charge in [-0.25, -0.2) is 14.8 Å². The fourth-order valence-electron chi connectivity index (χ4n) is 3.72. The first kappa shape index (κ1) is 21.0. The van der Waals surface area contributed by atoms with Gasteiger partial charge in [0.25, 0.3) is 0 Å². The summed E-state index contributed by atoms with van der Waals surface area (Å²) in [4.78, 5) is 36.7. The van der Waals surface area contributed by atoms with Crippen LogP contribution in [0.3, 0.4) is 0 Å². The van der Waals surface area contributed by atoms with Gasteiger partial charge in [0.1, 0.15) is 17.0 Å². The molecule has 0 fully saturated rings. The van der Waals surface area contributed by atoms with Gasteiger partial charge in [-0.15, -0.1) is 11.3 Å².